The molecule has 7 nitrogen and oxygen atoms in total. The van der Waals surface area contributed by atoms with Gasteiger partial charge in [0, 0.05) is 25.9 Å². The van der Waals surface area contributed by atoms with Crippen LogP contribution in [0.15, 0.2) is 17.7 Å². The quantitative estimate of drug-likeness (QED) is 0.260. The molecule has 1 aromatic rings. The van der Waals surface area contributed by atoms with E-state index in [1.165, 1.54) is 6.08 Å². The maximum atomic E-state index is 12.5. The fraction of sp³-hybridized carbons (Fsp3) is 0.609. The van der Waals surface area contributed by atoms with E-state index in [0.29, 0.717) is 36.4 Å². The van der Waals surface area contributed by atoms with E-state index in [2.05, 4.69) is 13.8 Å². The molecular formula is C23H32N2O5S. The average molecular weight is 449 g/mol. The molecule has 1 N–H and O–H groups in total. The summed E-state index contributed by atoms with van der Waals surface area (Å²) in [4.78, 5) is 24.9. The molecule has 1 aromatic heterocycles. The first kappa shape index (κ1) is 23.3. The summed E-state index contributed by atoms with van der Waals surface area (Å²) >= 11 is 5.58. The molecule has 1 aliphatic carbocycles. The van der Waals surface area contributed by atoms with Gasteiger partial charge in [-0.3, -0.25) is 4.57 Å². The Morgan fingerprint density at radius 2 is 1.58 bits per heavy atom. The van der Waals surface area contributed by atoms with E-state index in [-0.39, 0.29) is 11.5 Å². The number of esters is 2. The third kappa shape index (κ3) is 5.11. The molecule has 0 bridgehead atoms. The Hall–Kier alpha value is -2.35. The molecule has 1 saturated carbocycles. The topological polar surface area (TPSA) is 82.7 Å². The van der Waals surface area contributed by atoms with Gasteiger partial charge in [0.1, 0.15) is 11.3 Å². The number of unbranched alkanes of at least 4 members (excludes halogenated alkanes) is 2. The summed E-state index contributed by atoms with van der Waals surface area (Å²) < 4.78 is 15.2. The van der Waals surface area contributed by atoms with Crippen LogP contribution < -0.4 is 0 Å². The van der Waals surface area contributed by atoms with Crippen LogP contribution in [0, 0.1) is 4.77 Å². The number of nitrogens with zero attached hydrogens (tertiary/aromatic N) is 2. The van der Waals surface area contributed by atoms with Crippen LogP contribution in [0.25, 0.3) is 6.08 Å². The van der Waals surface area contributed by atoms with Crippen molar-refractivity contribution in [2.45, 2.75) is 90.5 Å². The van der Waals surface area contributed by atoms with Gasteiger partial charge in [0.2, 0.25) is 5.88 Å². The number of aromatic nitrogens is 2. The second-order valence-corrected chi connectivity index (χ2v) is 8.56. The fourth-order valence-electron chi connectivity index (χ4n) is 4.03. The zero-order valence-corrected chi connectivity index (χ0v) is 19.2. The van der Waals surface area contributed by atoms with Gasteiger partial charge < -0.3 is 19.1 Å². The van der Waals surface area contributed by atoms with Crippen molar-refractivity contribution < 1.29 is 24.2 Å². The number of aromatic hydroxyl groups is 1. The third-order valence-corrected chi connectivity index (χ3v) is 6.28. The number of hydrogen-bond donors (Lipinski definition) is 1. The van der Waals surface area contributed by atoms with Crippen LogP contribution in [-0.4, -0.2) is 32.0 Å². The molecule has 0 radical (unpaired) electrons. The molecule has 170 valence electrons. The molecule has 1 aliphatic heterocycles. The van der Waals surface area contributed by atoms with Gasteiger partial charge >= 0.3 is 11.9 Å². The second-order valence-electron chi connectivity index (χ2n) is 8.19. The first-order valence-corrected chi connectivity index (χ1v) is 11.7. The van der Waals surface area contributed by atoms with Crippen molar-refractivity contribution in [2.24, 2.45) is 0 Å². The summed E-state index contributed by atoms with van der Waals surface area (Å²) in [6, 6.07) is 0. The van der Waals surface area contributed by atoms with E-state index in [0.717, 1.165) is 44.9 Å². The Labute approximate surface area is 188 Å². The summed E-state index contributed by atoms with van der Waals surface area (Å²) in [7, 11) is 0. The lowest BCUT2D eigenvalue weighted by atomic mass is 9.93. The number of imidazole rings is 1. The van der Waals surface area contributed by atoms with E-state index in [1.807, 2.05) is 4.57 Å². The molecule has 0 unspecified atom stereocenters. The number of hydrogen-bond acceptors (Lipinski definition) is 6. The number of allylic oxidation sites excluding steroid dienone is 2. The van der Waals surface area contributed by atoms with E-state index < -0.39 is 17.7 Å². The Balaban J connectivity index is 1.83. The Bertz CT molecular complexity index is 912. The number of carbonyl (C=O) groups is 2. The van der Waals surface area contributed by atoms with Crippen LogP contribution in [0.1, 0.15) is 77.3 Å². The number of ether oxygens (including phenoxy) is 2. The molecule has 0 atom stereocenters. The maximum Gasteiger partial charge on any atom is 0.348 e. The normalized spacial score (nSPS) is 18.5. The van der Waals surface area contributed by atoms with Gasteiger partial charge in [-0.25, -0.2) is 9.59 Å². The lowest BCUT2D eigenvalue weighted by Crippen LogP contribution is -2.47. The standard InChI is InChI=1S/C23H32N2O5S/c1-3-5-15-24-18(19(26)25(22(24)31)16-6-4-2)12-10-11-17-20(27)29-23(30-21(17)28)13-8-7-9-14-23/h10-12,26H,3-9,13-16H2,1-2H3. The van der Waals surface area contributed by atoms with Crippen molar-refractivity contribution in [3.8, 4) is 5.88 Å². The maximum absolute atomic E-state index is 12.5. The zero-order chi connectivity index (χ0) is 22.4. The predicted molar refractivity (Wildman–Crippen MR) is 120 cm³/mol. The Kier molecular flexibility index (Phi) is 7.75. The highest BCUT2D eigenvalue weighted by Crippen LogP contribution is 2.37. The van der Waals surface area contributed by atoms with E-state index in [9.17, 15) is 14.7 Å². The van der Waals surface area contributed by atoms with Crippen LogP contribution in [0.2, 0.25) is 0 Å². The van der Waals surface area contributed by atoms with E-state index in [4.69, 9.17) is 21.7 Å². The molecule has 2 aliphatic rings. The smallest absolute Gasteiger partial charge is 0.348 e. The molecule has 0 aromatic carbocycles. The van der Waals surface area contributed by atoms with Gasteiger partial charge in [-0.15, -0.1) is 0 Å². The van der Waals surface area contributed by atoms with Gasteiger partial charge in [-0.2, -0.15) is 0 Å². The van der Waals surface area contributed by atoms with Gasteiger partial charge in [0.15, 0.2) is 4.77 Å². The zero-order valence-electron chi connectivity index (χ0n) is 18.4. The molecule has 8 heteroatoms. The second kappa shape index (κ2) is 10.3. The van der Waals surface area contributed by atoms with Crippen molar-refractivity contribution in [1.82, 2.24) is 9.13 Å². The minimum atomic E-state index is -1.09. The highest BCUT2D eigenvalue weighted by Gasteiger charge is 2.46. The van der Waals surface area contributed by atoms with Crippen LogP contribution in [0.3, 0.4) is 0 Å². The first-order chi connectivity index (χ1) is 14.9. The van der Waals surface area contributed by atoms with Crippen LogP contribution in [-0.2, 0) is 32.2 Å². The molecule has 2 heterocycles. The summed E-state index contributed by atoms with van der Waals surface area (Å²) in [6.07, 6.45) is 12.3. The molecule has 0 amide bonds. The summed E-state index contributed by atoms with van der Waals surface area (Å²) in [5.41, 5.74) is 0.420. The highest BCUT2D eigenvalue weighted by molar-refractivity contribution is 7.71. The monoisotopic (exact) mass is 448 g/mol. The highest BCUT2D eigenvalue weighted by atomic mass is 32.1. The minimum Gasteiger partial charge on any atom is -0.493 e. The third-order valence-electron chi connectivity index (χ3n) is 5.84. The van der Waals surface area contributed by atoms with E-state index in [1.54, 1.807) is 16.7 Å². The van der Waals surface area contributed by atoms with Crippen molar-refractivity contribution >= 4 is 30.2 Å². The summed E-state index contributed by atoms with van der Waals surface area (Å²) in [5, 5.41) is 10.7. The molecule has 2 fully saturated rings. The number of rotatable bonds is 8. The van der Waals surface area contributed by atoms with Gasteiger partial charge in [-0.1, -0.05) is 39.2 Å². The molecular weight excluding hydrogens is 416 g/mol. The molecule has 1 spiro atoms. The van der Waals surface area contributed by atoms with Crippen LogP contribution >= 0.6 is 12.2 Å². The predicted octanol–water partition coefficient (Wildman–Crippen LogP) is 5.02. The Morgan fingerprint density at radius 1 is 1.00 bits per heavy atom. The minimum absolute atomic E-state index is 0.0964. The molecule has 1 saturated heterocycles. The average Bonchev–Trinajstić information content (AvgIpc) is 2.96. The van der Waals surface area contributed by atoms with Crippen molar-refractivity contribution in [3.63, 3.8) is 0 Å². The number of carbonyl (C=O) groups excluding carboxylic acids is 2. The summed E-state index contributed by atoms with van der Waals surface area (Å²) in [5.74, 6) is -2.31. The molecule has 31 heavy (non-hydrogen) atoms. The van der Waals surface area contributed by atoms with Gasteiger partial charge in [0.05, 0.1) is 0 Å². The summed E-state index contributed by atoms with van der Waals surface area (Å²) in [6.45, 7) is 5.51. The molecule has 3 rings (SSSR count). The van der Waals surface area contributed by atoms with Crippen molar-refractivity contribution in [2.75, 3.05) is 0 Å². The largest absolute Gasteiger partial charge is 0.493 e. The van der Waals surface area contributed by atoms with Gasteiger partial charge in [-0.05, 0) is 50.1 Å². The SMILES string of the molecule is CCCCn1c(O)c(C=CC=C2C(=O)OC3(CCCCC3)OC2=O)n(CCCC)c1=S. The first-order valence-electron chi connectivity index (χ1n) is 11.3. The lowest BCUT2D eigenvalue weighted by molar-refractivity contribution is -0.244. The van der Waals surface area contributed by atoms with Crippen molar-refractivity contribution in [3.05, 3.63) is 28.2 Å². The Morgan fingerprint density at radius 3 is 2.16 bits per heavy atom. The van der Waals surface area contributed by atoms with E-state index >= 15 is 0 Å². The lowest BCUT2D eigenvalue weighted by Gasteiger charge is -2.38. The van der Waals surface area contributed by atoms with Gasteiger partial charge in [0.25, 0.3) is 5.79 Å². The van der Waals surface area contributed by atoms with Crippen molar-refractivity contribution in [1.29, 1.82) is 0 Å². The van der Waals surface area contributed by atoms with Crippen LogP contribution in [0.4, 0.5) is 0 Å². The van der Waals surface area contributed by atoms with Crippen LogP contribution in [0.5, 0.6) is 5.88 Å². The fourth-order valence-corrected chi connectivity index (χ4v) is 4.40.